The minimum absolute atomic E-state index is 0.314. The Morgan fingerprint density at radius 1 is 0.760 bits per heavy atom. The number of nitrogens with zero attached hydrogens (tertiary/aromatic N) is 1. The molecule has 0 aliphatic heterocycles. The molecule has 5 heteroatoms. The van der Waals surface area contributed by atoms with Gasteiger partial charge >= 0.3 is 8.25 Å². The Kier molecular flexibility index (Phi) is 7.93. The molecule has 0 heterocycles. The summed E-state index contributed by atoms with van der Waals surface area (Å²) in [6.07, 6.45) is 0. The van der Waals surface area contributed by atoms with Crippen LogP contribution in [0.15, 0.2) is 91.0 Å². The number of para-hydroxylation sites is 3. The molecule has 130 valence electrons. The van der Waals surface area contributed by atoms with Crippen LogP contribution in [0.5, 0.6) is 0 Å². The molecule has 0 aliphatic carbocycles. The monoisotopic (exact) mass is 355 g/mol. The van der Waals surface area contributed by atoms with Crippen molar-refractivity contribution in [2.75, 3.05) is 11.5 Å². The van der Waals surface area contributed by atoms with Gasteiger partial charge in [0.05, 0.1) is 6.61 Å². The van der Waals surface area contributed by atoms with Crippen LogP contribution in [0.2, 0.25) is 0 Å². The molecule has 0 fully saturated rings. The highest BCUT2D eigenvalue weighted by atomic mass is 31.1. The largest absolute Gasteiger partial charge is 0.326 e. The number of hydrogen-bond donors (Lipinski definition) is 1. The Labute approximate surface area is 149 Å². The quantitative estimate of drug-likeness (QED) is 0.609. The highest BCUT2D eigenvalue weighted by Crippen LogP contribution is 2.33. The zero-order chi connectivity index (χ0) is 17.9. The summed E-state index contributed by atoms with van der Waals surface area (Å²) in [5.41, 5.74) is 3.50. The van der Waals surface area contributed by atoms with Crippen LogP contribution in [0.25, 0.3) is 0 Å². The van der Waals surface area contributed by atoms with E-state index >= 15 is 0 Å². The highest BCUT2D eigenvalue weighted by Gasteiger charge is 2.10. The second-order valence-corrected chi connectivity index (χ2v) is 5.86. The van der Waals surface area contributed by atoms with Crippen molar-refractivity contribution in [3.63, 3.8) is 0 Å². The van der Waals surface area contributed by atoms with Gasteiger partial charge < -0.3 is 14.3 Å². The van der Waals surface area contributed by atoms with Crippen LogP contribution in [0.4, 0.5) is 17.1 Å². The van der Waals surface area contributed by atoms with Crippen LogP contribution in [-0.2, 0) is 9.09 Å². The van der Waals surface area contributed by atoms with Gasteiger partial charge in [-0.2, -0.15) is 0 Å². The van der Waals surface area contributed by atoms with Crippen molar-refractivity contribution in [1.29, 1.82) is 0 Å². The first-order valence-electron chi connectivity index (χ1n) is 8.03. The normalized spacial score (nSPS) is 11.1. The molecule has 3 aromatic rings. The van der Waals surface area contributed by atoms with Crippen LogP contribution in [0.3, 0.4) is 0 Å². The van der Waals surface area contributed by atoms with E-state index in [4.69, 9.17) is 4.89 Å². The fourth-order valence-electron chi connectivity index (χ4n) is 2.30. The molecule has 0 radical (unpaired) electrons. The molecular weight excluding hydrogens is 333 g/mol. The summed E-state index contributed by atoms with van der Waals surface area (Å²) in [5, 5.41) is 0. The van der Waals surface area contributed by atoms with Crippen molar-refractivity contribution in [2.24, 2.45) is 0 Å². The van der Waals surface area contributed by atoms with Crippen molar-refractivity contribution in [3.8, 4) is 0 Å². The van der Waals surface area contributed by atoms with Crippen molar-refractivity contribution < 1.29 is 14.0 Å². The zero-order valence-electron chi connectivity index (χ0n) is 14.1. The van der Waals surface area contributed by atoms with E-state index in [1.54, 1.807) is 6.92 Å². The Bertz CT molecular complexity index is 658. The number of anilines is 3. The molecule has 1 atom stereocenters. The van der Waals surface area contributed by atoms with Crippen molar-refractivity contribution in [3.05, 3.63) is 91.0 Å². The van der Waals surface area contributed by atoms with Gasteiger partial charge in [-0.15, -0.1) is 0 Å². The van der Waals surface area contributed by atoms with Gasteiger partial charge in [-0.3, -0.25) is 4.57 Å². The Morgan fingerprint density at radius 2 is 1.08 bits per heavy atom. The van der Waals surface area contributed by atoms with Gasteiger partial charge in [-0.25, -0.2) is 0 Å². The standard InChI is InChI=1S/C18H15N.C2H7O3P/c1-4-10-16(11-5-1)19(17-12-6-2-7-13-17)18-14-8-3-9-15-18;1-2-5-6(3)4/h1-15H;6H,2H2,1H3,(H,3,4). The van der Waals surface area contributed by atoms with E-state index in [2.05, 4.69) is 82.2 Å². The van der Waals surface area contributed by atoms with Crippen LogP contribution in [0.1, 0.15) is 6.92 Å². The topological polar surface area (TPSA) is 49.8 Å². The summed E-state index contributed by atoms with van der Waals surface area (Å²) in [7, 11) is -2.64. The molecule has 4 nitrogen and oxygen atoms in total. The molecule has 0 saturated carbocycles. The number of rotatable bonds is 5. The third-order valence-corrected chi connectivity index (χ3v) is 3.85. The van der Waals surface area contributed by atoms with Crippen LogP contribution in [0, 0.1) is 0 Å². The first-order valence-corrected chi connectivity index (χ1v) is 9.29. The maximum absolute atomic E-state index is 9.56. The number of hydrogen-bond acceptors (Lipinski definition) is 3. The summed E-state index contributed by atoms with van der Waals surface area (Å²) in [6, 6.07) is 31.3. The average molecular weight is 355 g/mol. The minimum Gasteiger partial charge on any atom is -0.326 e. The van der Waals surface area contributed by atoms with Gasteiger partial charge in [0.15, 0.2) is 0 Å². The lowest BCUT2D eigenvalue weighted by molar-refractivity contribution is 0.297. The smallest absolute Gasteiger partial charge is 0.316 e. The molecule has 1 N–H and O–H groups in total. The predicted molar refractivity (Wildman–Crippen MR) is 104 cm³/mol. The van der Waals surface area contributed by atoms with Crippen LogP contribution >= 0.6 is 8.25 Å². The SMILES string of the molecule is CCO[PH](=O)O.c1ccc(N(c2ccccc2)c2ccccc2)cc1. The summed E-state index contributed by atoms with van der Waals surface area (Å²) in [4.78, 5) is 10.1. The second kappa shape index (κ2) is 10.5. The molecule has 0 bridgehead atoms. The van der Waals surface area contributed by atoms with Gasteiger partial charge in [-0.05, 0) is 43.3 Å². The lowest BCUT2D eigenvalue weighted by Gasteiger charge is -2.25. The first kappa shape index (κ1) is 18.9. The molecular formula is C20H22NO3P. The van der Waals surface area contributed by atoms with Crippen LogP contribution in [-0.4, -0.2) is 11.5 Å². The Balaban J connectivity index is 0.000000326. The van der Waals surface area contributed by atoms with E-state index in [-0.39, 0.29) is 0 Å². The fraction of sp³-hybridized carbons (Fsp3) is 0.100. The fourth-order valence-corrected chi connectivity index (χ4v) is 2.55. The molecule has 3 rings (SSSR count). The highest BCUT2D eigenvalue weighted by molar-refractivity contribution is 7.32. The van der Waals surface area contributed by atoms with Gasteiger partial charge in [0.25, 0.3) is 0 Å². The summed E-state index contributed by atoms with van der Waals surface area (Å²) in [6.45, 7) is 1.98. The van der Waals surface area contributed by atoms with E-state index in [1.807, 2.05) is 18.2 Å². The van der Waals surface area contributed by atoms with E-state index < -0.39 is 8.25 Å². The Morgan fingerprint density at radius 3 is 1.28 bits per heavy atom. The molecule has 0 saturated heterocycles. The lowest BCUT2D eigenvalue weighted by Crippen LogP contribution is -2.09. The van der Waals surface area contributed by atoms with E-state index in [1.165, 1.54) is 17.1 Å². The molecule has 0 amide bonds. The van der Waals surface area contributed by atoms with Gasteiger partial charge in [0.2, 0.25) is 0 Å². The third kappa shape index (κ3) is 6.20. The molecule has 0 spiro atoms. The summed E-state index contributed by atoms with van der Waals surface area (Å²) in [5.74, 6) is 0. The number of benzene rings is 3. The summed E-state index contributed by atoms with van der Waals surface area (Å²) < 4.78 is 13.7. The molecule has 1 unspecified atom stereocenters. The van der Waals surface area contributed by atoms with Crippen molar-refractivity contribution >= 4 is 25.3 Å². The maximum atomic E-state index is 9.56. The zero-order valence-corrected chi connectivity index (χ0v) is 15.1. The van der Waals surface area contributed by atoms with Crippen LogP contribution < -0.4 is 4.90 Å². The van der Waals surface area contributed by atoms with Crippen molar-refractivity contribution in [1.82, 2.24) is 0 Å². The lowest BCUT2D eigenvalue weighted by atomic mass is 10.2. The maximum Gasteiger partial charge on any atom is 0.316 e. The molecule has 0 aliphatic rings. The second-order valence-electron chi connectivity index (χ2n) is 5.04. The average Bonchev–Trinajstić information content (AvgIpc) is 2.65. The summed E-state index contributed by atoms with van der Waals surface area (Å²) >= 11 is 0. The van der Waals surface area contributed by atoms with E-state index in [0.717, 1.165) is 0 Å². The van der Waals surface area contributed by atoms with Gasteiger partial charge in [-0.1, -0.05) is 54.6 Å². The molecule has 0 aromatic heterocycles. The van der Waals surface area contributed by atoms with Crippen molar-refractivity contribution in [2.45, 2.75) is 6.92 Å². The minimum atomic E-state index is -2.64. The van der Waals surface area contributed by atoms with E-state index in [9.17, 15) is 4.57 Å². The first-order chi connectivity index (χ1) is 12.2. The van der Waals surface area contributed by atoms with E-state index in [0.29, 0.717) is 6.61 Å². The Hall–Kier alpha value is -2.39. The molecule has 25 heavy (non-hydrogen) atoms. The molecule has 3 aromatic carbocycles. The predicted octanol–water partition coefficient (Wildman–Crippen LogP) is 5.56. The van der Waals surface area contributed by atoms with Gasteiger partial charge in [0.1, 0.15) is 0 Å². The third-order valence-electron chi connectivity index (χ3n) is 3.31. The van der Waals surface area contributed by atoms with Gasteiger partial charge in [0, 0.05) is 17.1 Å².